The molecule has 0 aliphatic carbocycles. The van der Waals surface area contributed by atoms with Crippen LogP contribution in [0.5, 0.6) is 0 Å². The molecular formula is C14H12FNOS2. The number of amides is 1. The Morgan fingerprint density at radius 1 is 1.53 bits per heavy atom. The molecule has 0 saturated carbocycles. The van der Waals surface area contributed by atoms with Gasteiger partial charge in [0.05, 0.1) is 4.91 Å². The standard InChI is InChI=1S/C14H12FNOS2/c1-3-6-16-13(17)12(19-14(16)18)8-10-4-5-11(15)9(2)7-10/h3-5,7-8H,1,6H2,2H3. The van der Waals surface area contributed by atoms with Gasteiger partial charge in [0.1, 0.15) is 10.1 Å². The fourth-order valence-electron chi connectivity index (χ4n) is 1.70. The largest absolute Gasteiger partial charge is 0.289 e. The van der Waals surface area contributed by atoms with Crippen molar-refractivity contribution in [2.75, 3.05) is 6.54 Å². The first-order valence-corrected chi connectivity index (χ1v) is 6.88. The molecule has 1 aromatic carbocycles. The van der Waals surface area contributed by atoms with Crippen molar-refractivity contribution in [3.05, 3.63) is 52.7 Å². The molecule has 0 unspecified atom stereocenters. The molecule has 0 N–H and O–H groups in total. The number of thioether (sulfide) groups is 1. The summed E-state index contributed by atoms with van der Waals surface area (Å²) in [4.78, 5) is 14.1. The molecule has 98 valence electrons. The number of halogens is 1. The highest BCUT2D eigenvalue weighted by Gasteiger charge is 2.30. The maximum atomic E-state index is 13.2. The third kappa shape index (κ3) is 2.93. The van der Waals surface area contributed by atoms with E-state index >= 15 is 0 Å². The van der Waals surface area contributed by atoms with Gasteiger partial charge in [-0.3, -0.25) is 9.69 Å². The van der Waals surface area contributed by atoms with Crippen LogP contribution in [0.3, 0.4) is 0 Å². The lowest BCUT2D eigenvalue weighted by molar-refractivity contribution is -0.121. The van der Waals surface area contributed by atoms with E-state index < -0.39 is 0 Å². The molecule has 5 heteroatoms. The summed E-state index contributed by atoms with van der Waals surface area (Å²) in [5.74, 6) is -0.381. The Kier molecular flexibility index (Phi) is 4.17. The zero-order valence-electron chi connectivity index (χ0n) is 10.4. The number of rotatable bonds is 3. The summed E-state index contributed by atoms with van der Waals surface area (Å²) in [6.07, 6.45) is 3.37. The Morgan fingerprint density at radius 2 is 2.26 bits per heavy atom. The molecule has 0 bridgehead atoms. The molecule has 1 aliphatic heterocycles. The van der Waals surface area contributed by atoms with Crippen molar-refractivity contribution < 1.29 is 9.18 Å². The number of aryl methyl sites for hydroxylation is 1. The van der Waals surface area contributed by atoms with E-state index in [4.69, 9.17) is 12.2 Å². The van der Waals surface area contributed by atoms with Gasteiger partial charge in [-0.1, -0.05) is 36.1 Å². The fraction of sp³-hybridized carbons (Fsp3) is 0.143. The van der Waals surface area contributed by atoms with Crippen LogP contribution in [0, 0.1) is 12.7 Å². The van der Waals surface area contributed by atoms with Crippen molar-refractivity contribution in [3.8, 4) is 0 Å². The van der Waals surface area contributed by atoms with Crippen LogP contribution in [0.4, 0.5) is 4.39 Å². The Bertz CT molecular complexity index is 595. The van der Waals surface area contributed by atoms with Crippen LogP contribution < -0.4 is 0 Å². The molecule has 19 heavy (non-hydrogen) atoms. The first-order chi connectivity index (χ1) is 9.02. The lowest BCUT2D eigenvalue weighted by Crippen LogP contribution is -2.27. The van der Waals surface area contributed by atoms with Crippen molar-refractivity contribution in [2.45, 2.75) is 6.92 Å². The molecule has 1 aromatic rings. The van der Waals surface area contributed by atoms with Gasteiger partial charge >= 0.3 is 0 Å². The van der Waals surface area contributed by atoms with Crippen molar-refractivity contribution in [1.29, 1.82) is 0 Å². The van der Waals surface area contributed by atoms with E-state index in [9.17, 15) is 9.18 Å². The van der Waals surface area contributed by atoms with E-state index in [-0.39, 0.29) is 11.7 Å². The monoisotopic (exact) mass is 293 g/mol. The van der Waals surface area contributed by atoms with Crippen LogP contribution in [-0.2, 0) is 4.79 Å². The van der Waals surface area contributed by atoms with Crippen molar-refractivity contribution in [2.24, 2.45) is 0 Å². The van der Waals surface area contributed by atoms with Gasteiger partial charge in [0.2, 0.25) is 0 Å². The van der Waals surface area contributed by atoms with E-state index in [1.165, 1.54) is 22.7 Å². The van der Waals surface area contributed by atoms with Gasteiger partial charge in [0.25, 0.3) is 5.91 Å². The van der Waals surface area contributed by atoms with E-state index in [0.29, 0.717) is 21.3 Å². The minimum atomic E-state index is -0.253. The summed E-state index contributed by atoms with van der Waals surface area (Å²) in [6.45, 7) is 5.70. The average molecular weight is 293 g/mol. The van der Waals surface area contributed by atoms with Gasteiger partial charge in [-0.15, -0.1) is 6.58 Å². The van der Waals surface area contributed by atoms with Crippen LogP contribution in [0.15, 0.2) is 35.8 Å². The lowest BCUT2D eigenvalue weighted by Gasteiger charge is -2.10. The SMILES string of the molecule is C=CCN1C(=O)C(=Cc2ccc(F)c(C)c2)SC1=S. The van der Waals surface area contributed by atoms with Gasteiger partial charge in [0.15, 0.2) is 0 Å². The van der Waals surface area contributed by atoms with Crippen LogP contribution in [0.2, 0.25) is 0 Å². The summed E-state index contributed by atoms with van der Waals surface area (Å²) in [6, 6.07) is 4.74. The summed E-state index contributed by atoms with van der Waals surface area (Å²) in [5, 5.41) is 0. The third-order valence-corrected chi connectivity index (χ3v) is 4.04. The Morgan fingerprint density at radius 3 is 2.89 bits per heavy atom. The van der Waals surface area contributed by atoms with E-state index in [2.05, 4.69) is 6.58 Å². The predicted octanol–water partition coefficient (Wildman–Crippen LogP) is 3.52. The number of hydrogen-bond acceptors (Lipinski definition) is 3. The fourth-order valence-corrected chi connectivity index (χ4v) is 2.97. The second kappa shape index (κ2) is 5.67. The zero-order valence-corrected chi connectivity index (χ0v) is 12.0. The molecule has 2 rings (SSSR count). The molecule has 1 aliphatic rings. The average Bonchev–Trinajstić information content (AvgIpc) is 2.62. The Labute approximate surface area is 121 Å². The second-order valence-corrected chi connectivity index (χ2v) is 5.77. The van der Waals surface area contributed by atoms with E-state index in [1.54, 1.807) is 31.2 Å². The van der Waals surface area contributed by atoms with Gasteiger partial charge in [0, 0.05) is 6.54 Å². The number of carbonyl (C=O) groups is 1. The summed E-state index contributed by atoms with van der Waals surface area (Å²) >= 11 is 6.40. The highest BCUT2D eigenvalue weighted by Crippen LogP contribution is 2.32. The Hall–Kier alpha value is -1.46. The molecule has 0 radical (unpaired) electrons. The Balaban J connectivity index is 2.29. The minimum Gasteiger partial charge on any atom is -0.289 e. The maximum absolute atomic E-state index is 13.2. The van der Waals surface area contributed by atoms with E-state index in [0.717, 1.165) is 5.56 Å². The predicted molar refractivity (Wildman–Crippen MR) is 81.2 cm³/mol. The second-order valence-electron chi connectivity index (χ2n) is 4.09. The zero-order chi connectivity index (χ0) is 14.0. The lowest BCUT2D eigenvalue weighted by atomic mass is 10.1. The van der Waals surface area contributed by atoms with Gasteiger partial charge in [-0.2, -0.15) is 0 Å². The van der Waals surface area contributed by atoms with Crippen molar-refractivity contribution in [1.82, 2.24) is 4.90 Å². The molecule has 0 aromatic heterocycles. The molecular weight excluding hydrogens is 281 g/mol. The molecule has 1 heterocycles. The molecule has 0 spiro atoms. The third-order valence-electron chi connectivity index (χ3n) is 2.67. The summed E-state index contributed by atoms with van der Waals surface area (Å²) < 4.78 is 13.7. The van der Waals surface area contributed by atoms with Gasteiger partial charge in [-0.05, 0) is 36.3 Å². The molecule has 1 amide bonds. The number of benzene rings is 1. The summed E-state index contributed by atoms with van der Waals surface area (Å²) in [5.41, 5.74) is 1.34. The normalized spacial score (nSPS) is 17.4. The van der Waals surface area contributed by atoms with Gasteiger partial charge in [-0.25, -0.2) is 4.39 Å². The molecule has 0 atom stereocenters. The molecule has 1 saturated heterocycles. The maximum Gasteiger partial charge on any atom is 0.266 e. The quantitative estimate of drug-likeness (QED) is 0.483. The van der Waals surface area contributed by atoms with E-state index in [1.807, 2.05) is 0 Å². The topological polar surface area (TPSA) is 20.3 Å². The van der Waals surface area contributed by atoms with Crippen LogP contribution in [-0.4, -0.2) is 21.7 Å². The first-order valence-electron chi connectivity index (χ1n) is 5.65. The minimum absolute atomic E-state index is 0.128. The molecule has 2 nitrogen and oxygen atoms in total. The highest BCUT2D eigenvalue weighted by molar-refractivity contribution is 8.26. The number of carbonyl (C=O) groups excluding carboxylic acids is 1. The molecule has 1 fully saturated rings. The van der Waals surface area contributed by atoms with Crippen molar-refractivity contribution in [3.63, 3.8) is 0 Å². The van der Waals surface area contributed by atoms with Gasteiger partial charge < -0.3 is 0 Å². The van der Waals surface area contributed by atoms with Crippen LogP contribution >= 0.6 is 24.0 Å². The van der Waals surface area contributed by atoms with Crippen molar-refractivity contribution >= 4 is 40.3 Å². The smallest absolute Gasteiger partial charge is 0.266 e. The number of nitrogens with zero attached hydrogens (tertiary/aromatic N) is 1. The summed E-state index contributed by atoms with van der Waals surface area (Å²) in [7, 11) is 0. The van der Waals surface area contributed by atoms with Crippen LogP contribution in [0.25, 0.3) is 6.08 Å². The van der Waals surface area contributed by atoms with Crippen LogP contribution in [0.1, 0.15) is 11.1 Å². The first kappa shape index (κ1) is 14.0. The number of hydrogen-bond donors (Lipinski definition) is 0. The number of thiocarbonyl (C=S) groups is 1. The highest BCUT2D eigenvalue weighted by atomic mass is 32.2.